The maximum atomic E-state index is 13.6. The van der Waals surface area contributed by atoms with E-state index in [1.807, 2.05) is 30.3 Å². The molecule has 1 amide bonds. The summed E-state index contributed by atoms with van der Waals surface area (Å²) in [6.07, 6.45) is 0.739. The van der Waals surface area contributed by atoms with Crippen molar-refractivity contribution in [2.45, 2.75) is 19.0 Å². The third kappa shape index (κ3) is 4.72. The van der Waals surface area contributed by atoms with E-state index < -0.39 is 5.82 Å². The second kappa shape index (κ2) is 9.60. The van der Waals surface area contributed by atoms with Crippen LogP contribution in [0.4, 0.5) is 10.1 Å². The van der Waals surface area contributed by atoms with Gasteiger partial charge in [-0.25, -0.2) is 4.39 Å². The number of rotatable bonds is 5. The van der Waals surface area contributed by atoms with Crippen LogP contribution >= 0.6 is 23.2 Å². The first-order valence-corrected chi connectivity index (χ1v) is 11.0. The normalized spacial score (nSPS) is 15.4. The van der Waals surface area contributed by atoms with Gasteiger partial charge in [0.25, 0.3) is 5.91 Å². The summed E-state index contributed by atoms with van der Waals surface area (Å²) in [6.45, 7) is 1.56. The number of benzene rings is 3. The third-order valence-electron chi connectivity index (χ3n) is 5.67. The molecule has 4 nitrogen and oxygen atoms in total. The molecule has 3 aromatic rings. The Kier molecular flexibility index (Phi) is 6.64. The summed E-state index contributed by atoms with van der Waals surface area (Å²) in [5.74, 6) is -0.623. The molecule has 0 radical (unpaired) electrons. The summed E-state index contributed by atoms with van der Waals surface area (Å²) < 4.78 is 13.6. The average molecular weight is 468 g/mol. The van der Waals surface area contributed by atoms with E-state index in [1.165, 1.54) is 12.1 Å². The van der Waals surface area contributed by atoms with Gasteiger partial charge in [0.05, 0.1) is 10.6 Å². The Balaban J connectivity index is 1.61. The Bertz CT molecular complexity index is 1190. The van der Waals surface area contributed by atoms with E-state index in [-0.39, 0.29) is 11.9 Å². The molecule has 1 fully saturated rings. The van der Waals surface area contributed by atoms with Crippen LogP contribution in [0.15, 0.2) is 66.7 Å². The quantitative estimate of drug-likeness (QED) is 0.467. The molecule has 1 heterocycles. The van der Waals surface area contributed by atoms with E-state index in [4.69, 9.17) is 23.2 Å². The lowest BCUT2D eigenvalue weighted by atomic mass is 10.1. The number of nitrogens with zero attached hydrogens (tertiary/aromatic N) is 3. The molecule has 1 saturated heterocycles. The summed E-state index contributed by atoms with van der Waals surface area (Å²) in [6, 6.07) is 20.8. The van der Waals surface area contributed by atoms with E-state index in [1.54, 1.807) is 29.2 Å². The van der Waals surface area contributed by atoms with E-state index in [2.05, 4.69) is 11.0 Å². The molecule has 4 rings (SSSR count). The van der Waals surface area contributed by atoms with Crippen molar-refractivity contribution >= 4 is 34.8 Å². The number of amides is 1. The molecule has 0 bridgehead atoms. The SMILES string of the molecule is N#Cc1ccc(N(Cc2ccccc2Cl)[C@H]2CCN(C(=O)c3cccc(F)c3)C2)cc1Cl. The van der Waals surface area contributed by atoms with Crippen LogP contribution in [0, 0.1) is 17.1 Å². The number of carbonyl (C=O) groups is 1. The summed E-state index contributed by atoms with van der Waals surface area (Å²) in [5, 5.41) is 10.2. The first-order valence-electron chi connectivity index (χ1n) is 10.2. The lowest BCUT2D eigenvalue weighted by molar-refractivity contribution is 0.0790. The fourth-order valence-corrected chi connectivity index (χ4v) is 4.41. The first-order chi connectivity index (χ1) is 15.5. The van der Waals surface area contributed by atoms with Gasteiger partial charge in [-0.05, 0) is 54.4 Å². The molecule has 1 atom stereocenters. The minimum absolute atomic E-state index is 0.00721. The summed E-state index contributed by atoms with van der Waals surface area (Å²) in [4.78, 5) is 16.8. The van der Waals surface area contributed by atoms with Gasteiger partial charge in [-0.3, -0.25) is 4.79 Å². The minimum atomic E-state index is -0.431. The summed E-state index contributed by atoms with van der Waals surface area (Å²) in [7, 11) is 0. The van der Waals surface area contributed by atoms with Gasteiger partial charge in [-0.2, -0.15) is 5.26 Å². The zero-order valence-corrected chi connectivity index (χ0v) is 18.7. The van der Waals surface area contributed by atoms with Crippen LogP contribution in [0.2, 0.25) is 10.0 Å². The molecular weight excluding hydrogens is 448 g/mol. The number of likely N-dealkylation sites (tertiary alicyclic amines) is 1. The molecule has 7 heteroatoms. The topological polar surface area (TPSA) is 47.3 Å². The fraction of sp³-hybridized carbons (Fsp3) is 0.200. The van der Waals surface area contributed by atoms with Crippen molar-refractivity contribution in [2.75, 3.05) is 18.0 Å². The highest BCUT2D eigenvalue weighted by Crippen LogP contribution is 2.31. The number of halogens is 3. The van der Waals surface area contributed by atoms with Gasteiger partial charge in [0.15, 0.2) is 0 Å². The Hall–Kier alpha value is -3.07. The Morgan fingerprint density at radius 1 is 1.09 bits per heavy atom. The van der Waals surface area contributed by atoms with Crippen molar-refractivity contribution in [3.8, 4) is 6.07 Å². The highest BCUT2D eigenvalue weighted by molar-refractivity contribution is 6.32. The van der Waals surface area contributed by atoms with Crippen molar-refractivity contribution in [3.05, 3.63) is 99.3 Å². The van der Waals surface area contributed by atoms with Crippen molar-refractivity contribution in [3.63, 3.8) is 0 Å². The zero-order valence-electron chi connectivity index (χ0n) is 17.1. The smallest absolute Gasteiger partial charge is 0.254 e. The van der Waals surface area contributed by atoms with Gasteiger partial charge >= 0.3 is 0 Å². The van der Waals surface area contributed by atoms with Crippen LogP contribution in [0.3, 0.4) is 0 Å². The molecule has 0 aliphatic carbocycles. The number of anilines is 1. The maximum Gasteiger partial charge on any atom is 0.254 e. The second-order valence-electron chi connectivity index (χ2n) is 7.70. The molecule has 0 N–H and O–H groups in total. The molecule has 0 unspecified atom stereocenters. The highest BCUT2D eigenvalue weighted by Gasteiger charge is 2.32. The highest BCUT2D eigenvalue weighted by atomic mass is 35.5. The zero-order chi connectivity index (χ0) is 22.7. The molecule has 3 aromatic carbocycles. The van der Waals surface area contributed by atoms with Crippen LogP contribution in [0.5, 0.6) is 0 Å². The van der Waals surface area contributed by atoms with E-state index in [0.717, 1.165) is 17.7 Å². The molecule has 0 saturated carbocycles. The van der Waals surface area contributed by atoms with Gasteiger partial charge in [-0.1, -0.05) is 47.5 Å². The first kappa shape index (κ1) is 22.1. The predicted molar refractivity (Wildman–Crippen MR) is 125 cm³/mol. The van der Waals surface area contributed by atoms with Crippen LogP contribution in [0.25, 0.3) is 0 Å². The number of carbonyl (C=O) groups excluding carboxylic acids is 1. The van der Waals surface area contributed by atoms with E-state index >= 15 is 0 Å². The van der Waals surface area contributed by atoms with Crippen LogP contribution < -0.4 is 4.90 Å². The molecule has 0 aromatic heterocycles. The predicted octanol–water partition coefficient (Wildman–Crippen LogP) is 5.93. The molecule has 1 aliphatic heterocycles. The van der Waals surface area contributed by atoms with Crippen molar-refractivity contribution in [2.24, 2.45) is 0 Å². The van der Waals surface area contributed by atoms with Crippen LogP contribution in [-0.2, 0) is 6.54 Å². The lowest BCUT2D eigenvalue weighted by Crippen LogP contribution is -2.38. The lowest BCUT2D eigenvalue weighted by Gasteiger charge is -2.32. The largest absolute Gasteiger partial charge is 0.362 e. The van der Waals surface area contributed by atoms with Gasteiger partial charge in [0.1, 0.15) is 11.9 Å². The van der Waals surface area contributed by atoms with E-state index in [9.17, 15) is 14.4 Å². The fourth-order valence-electron chi connectivity index (χ4n) is 4.00. The third-order valence-corrected chi connectivity index (χ3v) is 6.35. The van der Waals surface area contributed by atoms with Gasteiger partial charge in [-0.15, -0.1) is 0 Å². The number of hydrogen-bond donors (Lipinski definition) is 0. The summed E-state index contributed by atoms with van der Waals surface area (Å²) >= 11 is 12.7. The summed E-state index contributed by atoms with van der Waals surface area (Å²) in [5.41, 5.74) is 2.54. The molecule has 162 valence electrons. The Morgan fingerprint density at radius 3 is 2.62 bits per heavy atom. The van der Waals surface area contributed by atoms with Crippen LogP contribution in [-0.4, -0.2) is 29.9 Å². The number of nitriles is 1. The van der Waals surface area contributed by atoms with Crippen LogP contribution in [0.1, 0.15) is 27.9 Å². The minimum Gasteiger partial charge on any atom is -0.362 e. The van der Waals surface area contributed by atoms with Gasteiger partial charge < -0.3 is 9.80 Å². The van der Waals surface area contributed by atoms with Gasteiger partial charge in [0, 0.05) is 41.9 Å². The molecular formula is C25H20Cl2FN3O. The molecule has 1 aliphatic rings. The molecule has 0 spiro atoms. The monoisotopic (exact) mass is 467 g/mol. The van der Waals surface area contributed by atoms with Crippen molar-refractivity contribution in [1.29, 1.82) is 5.26 Å². The second-order valence-corrected chi connectivity index (χ2v) is 8.51. The Morgan fingerprint density at radius 2 is 1.91 bits per heavy atom. The van der Waals surface area contributed by atoms with Crippen molar-refractivity contribution < 1.29 is 9.18 Å². The standard InChI is InChI=1S/C25H20Cl2FN3O/c26-23-7-2-1-4-19(23)15-31(21-9-8-18(14-29)24(27)13-21)22-10-11-30(16-22)25(32)17-5-3-6-20(28)12-17/h1-9,12-13,22H,10-11,15-16H2/t22-/m0/s1. The van der Waals surface area contributed by atoms with Crippen molar-refractivity contribution in [1.82, 2.24) is 4.90 Å². The molecule has 32 heavy (non-hydrogen) atoms. The Labute approximate surface area is 196 Å². The maximum absolute atomic E-state index is 13.6. The van der Waals surface area contributed by atoms with Gasteiger partial charge in [0.2, 0.25) is 0 Å². The van der Waals surface area contributed by atoms with E-state index in [0.29, 0.717) is 40.8 Å². The number of hydrogen-bond acceptors (Lipinski definition) is 3. The average Bonchev–Trinajstić information content (AvgIpc) is 3.28.